The van der Waals surface area contributed by atoms with Crippen molar-refractivity contribution in [3.8, 4) is 0 Å². The minimum atomic E-state index is -1.07. The zero-order valence-corrected chi connectivity index (χ0v) is 14.3. The third kappa shape index (κ3) is 3.97. The first kappa shape index (κ1) is 17.8. The molecule has 1 heterocycles. The summed E-state index contributed by atoms with van der Waals surface area (Å²) in [6.45, 7) is 0. The monoisotopic (exact) mass is 371 g/mol. The van der Waals surface area contributed by atoms with Crippen molar-refractivity contribution in [3.63, 3.8) is 0 Å². The highest BCUT2D eigenvalue weighted by Gasteiger charge is 2.40. The van der Waals surface area contributed by atoms with E-state index >= 15 is 0 Å². The van der Waals surface area contributed by atoms with E-state index in [2.05, 4.69) is 10.2 Å². The van der Waals surface area contributed by atoms with Crippen LogP contribution in [0.5, 0.6) is 0 Å². The summed E-state index contributed by atoms with van der Waals surface area (Å²) in [6, 6.07) is 14.9. The van der Waals surface area contributed by atoms with Gasteiger partial charge in [0, 0.05) is 5.56 Å². The molecule has 0 saturated carbocycles. The molecule has 1 amide bonds. The molecule has 0 aromatic heterocycles. The van der Waals surface area contributed by atoms with Crippen LogP contribution >= 0.6 is 11.8 Å². The fourth-order valence-electron chi connectivity index (χ4n) is 2.36. The molecule has 2 aromatic carbocycles. The van der Waals surface area contributed by atoms with Gasteiger partial charge in [0.2, 0.25) is 5.91 Å². The van der Waals surface area contributed by atoms with Gasteiger partial charge >= 0.3 is 5.97 Å². The van der Waals surface area contributed by atoms with Crippen LogP contribution in [-0.2, 0) is 9.59 Å². The number of hydrogen-bond acceptors (Lipinski definition) is 5. The number of carbonyl (C=O) groups is 2. The van der Waals surface area contributed by atoms with Crippen molar-refractivity contribution in [1.29, 1.82) is 0 Å². The molecule has 1 N–H and O–H groups in total. The molecule has 0 radical (unpaired) electrons. The molecule has 132 valence electrons. The normalized spacial score (nSPS) is 18.8. The van der Waals surface area contributed by atoms with Crippen molar-refractivity contribution in [1.82, 2.24) is 0 Å². The van der Waals surface area contributed by atoms with E-state index in [4.69, 9.17) is 5.11 Å². The van der Waals surface area contributed by atoms with Crippen LogP contribution in [0.3, 0.4) is 0 Å². The number of hydrogen-bond donors (Lipinski definition) is 1. The van der Waals surface area contributed by atoms with E-state index < -0.39 is 17.0 Å². The van der Waals surface area contributed by atoms with Gasteiger partial charge in [0.25, 0.3) is 0 Å². The summed E-state index contributed by atoms with van der Waals surface area (Å²) in [6.07, 6.45) is 0.934. The Morgan fingerprint density at radius 3 is 2.58 bits per heavy atom. The van der Waals surface area contributed by atoms with E-state index in [9.17, 15) is 14.0 Å². The molecule has 1 saturated heterocycles. The predicted molar refractivity (Wildman–Crippen MR) is 99.0 cm³/mol. The summed E-state index contributed by atoms with van der Waals surface area (Å²) >= 11 is 1.03. The molecule has 1 aliphatic rings. The maximum Gasteiger partial charge on any atom is 0.305 e. The zero-order chi connectivity index (χ0) is 18.5. The average molecular weight is 371 g/mol. The molecule has 6 nitrogen and oxygen atoms in total. The molecule has 26 heavy (non-hydrogen) atoms. The Hall–Kier alpha value is -3.00. The Balaban J connectivity index is 1.90. The van der Waals surface area contributed by atoms with Crippen LogP contribution in [-0.4, -0.2) is 33.6 Å². The first-order valence-corrected chi connectivity index (χ1v) is 8.57. The van der Waals surface area contributed by atoms with Crippen molar-refractivity contribution < 1.29 is 19.1 Å². The molecule has 1 aliphatic heterocycles. The van der Waals surface area contributed by atoms with Gasteiger partial charge in [0.1, 0.15) is 11.1 Å². The second-order valence-corrected chi connectivity index (χ2v) is 6.53. The number of amides is 1. The molecule has 0 spiro atoms. The summed E-state index contributed by atoms with van der Waals surface area (Å²) < 4.78 is 13.6. The zero-order valence-electron chi connectivity index (χ0n) is 13.4. The van der Waals surface area contributed by atoms with E-state index in [-0.39, 0.29) is 23.1 Å². The van der Waals surface area contributed by atoms with Crippen molar-refractivity contribution in [2.24, 2.45) is 10.2 Å². The van der Waals surface area contributed by atoms with Crippen molar-refractivity contribution in [2.75, 3.05) is 4.90 Å². The van der Waals surface area contributed by atoms with Crippen LogP contribution < -0.4 is 4.90 Å². The van der Waals surface area contributed by atoms with Gasteiger partial charge in [0.05, 0.1) is 18.3 Å². The van der Waals surface area contributed by atoms with Gasteiger partial charge in [-0.2, -0.15) is 5.10 Å². The van der Waals surface area contributed by atoms with Gasteiger partial charge in [-0.05, 0) is 18.2 Å². The molecule has 1 atom stereocenters. The standard InChI is InChI=1S/C18H14FN3O3S/c19-14-9-5-4-6-12(14)11-20-21-18-22(13-7-2-1-3-8-13)17(25)15(26-18)10-16(23)24/h1-9,11,15H,10H2,(H,23,24)/b20-11+,21-18-. The van der Waals surface area contributed by atoms with Gasteiger partial charge < -0.3 is 5.11 Å². The van der Waals surface area contributed by atoms with Crippen molar-refractivity contribution >= 4 is 40.7 Å². The third-order valence-electron chi connectivity index (χ3n) is 3.55. The number of thioether (sulfide) groups is 1. The Kier molecular flexibility index (Phi) is 5.43. The van der Waals surface area contributed by atoms with Gasteiger partial charge in [-0.3, -0.25) is 14.5 Å². The highest BCUT2D eigenvalue weighted by Crippen LogP contribution is 2.33. The number of halogens is 1. The molecule has 2 aromatic rings. The van der Waals surface area contributed by atoms with Gasteiger partial charge in [0.15, 0.2) is 5.17 Å². The van der Waals surface area contributed by atoms with Crippen molar-refractivity contribution in [2.45, 2.75) is 11.7 Å². The van der Waals surface area contributed by atoms with Crippen LogP contribution in [0.1, 0.15) is 12.0 Å². The number of carboxylic acid groups (broad SMARTS) is 1. The van der Waals surface area contributed by atoms with E-state index in [1.807, 2.05) is 0 Å². The summed E-state index contributed by atoms with van der Waals surface area (Å²) in [7, 11) is 0. The minimum Gasteiger partial charge on any atom is -0.481 e. The van der Waals surface area contributed by atoms with Crippen LogP contribution in [0.25, 0.3) is 0 Å². The smallest absolute Gasteiger partial charge is 0.305 e. The quantitative estimate of drug-likeness (QED) is 0.647. The van der Waals surface area contributed by atoms with E-state index in [1.54, 1.807) is 48.5 Å². The number of carboxylic acids is 1. The highest BCUT2D eigenvalue weighted by atomic mass is 32.2. The molecule has 8 heteroatoms. The lowest BCUT2D eigenvalue weighted by Crippen LogP contribution is -2.32. The van der Waals surface area contributed by atoms with E-state index in [0.29, 0.717) is 5.69 Å². The van der Waals surface area contributed by atoms with Crippen LogP contribution in [0, 0.1) is 5.82 Å². The minimum absolute atomic E-state index is 0.250. The first-order chi connectivity index (χ1) is 12.6. The van der Waals surface area contributed by atoms with Gasteiger partial charge in [-0.1, -0.05) is 48.2 Å². The number of benzene rings is 2. The first-order valence-electron chi connectivity index (χ1n) is 7.69. The van der Waals surface area contributed by atoms with Crippen LogP contribution in [0.15, 0.2) is 64.8 Å². The molecule has 3 rings (SSSR count). The molecule has 1 unspecified atom stereocenters. The maximum atomic E-state index is 13.6. The van der Waals surface area contributed by atoms with Gasteiger partial charge in [-0.25, -0.2) is 4.39 Å². The number of para-hydroxylation sites is 1. The summed E-state index contributed by atoms with van der Waals surface area (Å²) in [5, 5.41) is 16.4. The number of anilines is 1. The van der Waals surface area contributed by atoms with Crippen LogP contribution in [0.4, 0.5) is 10.1 Å². The third-order valence-corrected chi connectivity index (χ3v) is 4.68. The maximum absolute atomic E-state index is 13.6. The summed E-state index contributed by atoms with van der Waals surface area (Å²) in [5.74, 6) is -1.88. The largest absolute Gasteiger partial charge is 0.481 e. The number of nitrogens with zero attached hydrogens (tertiary/aromatic N) is 3. The fourth-order valence-corrected chi connectivity index (χ4v) is 3.44. The lowest BCUT2D eigenvalue weighted by Gasteiger charge is -2.15. The average Bonchev–Trinajstić information content (AvgIpc) is 2.92. The Bertz CT molecular complexity index is 886. The number of amidine groups is 1. The Morgan fingerprint density at radius 1 is 1.19 bits per heavy atom. The molecule has 0 aliphatic carbocycles. The molecular weight excluding hydrogens is 357 g/mol. The topological polar surface area (TPSA) is 82.3 Å². The predicted octanol–water partition coefficient (Wildman–Crippen LogP) is 3.14. The lowest BCUT2D eigenvalue weighted by atomic mass is 10.2. The van der Waals surface area contributed by atoms with E-state index in [0.717, 1.165) is 11.8 Å². The second-order valence-electron chi connectivity index (χ2n) is 5.36. The second kappa shape index (κ2) is 7.92. The van der Waals surface area contributed by atoms with E-state index in [1.165, 1.54) is 17.2 Å². The molecular formula is C18H14FN3O3S. The molecule has 0 bridgehead atoms. The molecule has 1 fully saturated rings. The highest BCUT2D eigenvalue weighted by molar-refractivity contribution is 8.16. The van der Waals surface area contributed by atoms with Crippen LogP contribution in [0.2, 0.25) is 0 Å². The summed E-state index contributed by atoms with van der Waals surface area (Å²) in [5.41, 5.74) is 0.831. The van der Waals surface area contributed by atoms with Gasteiger partial charge in [-0.15, -0.1) is 5.10 Å². The SMILES string of the molecule is O=C(O)CC1S/C(=N\N=C\c2ccccc2F)N(c2ccccc2)C1=O. The van der Waals surface area contributed by atoms with Crippen molar-refractivity contribution in [3.05, 3.63) is 66.0 Å². The lowest BCUT2D eigenvalue weighted by molar-refractivity contribution is -0.138. The number of aliphatic carboxylic acids is 1. The summed E-state index contributed by atoms with van der Waals surface area (Å²) in [4.78, 5) is 24.9. The Labute approximate surface area is 153 Å². The number of carbonyl (C=O) groups excluding carboxylic acids is 1. The fraction of sp³-hybridized carbons (Fsp3) is 0.111. The Morgan fingerprint density at radius 2 is 1.88 bits per heavy atom. The number of rotatable bonds is 5.